The van der Waals surface area contributed by atoms with Crippen molar-refractivity contribution in [2.75, 3.05) is 7.11 Å². The van der Waals surface area contributed by atoms with Gasteiger partial charge in [0.15, 0.2) is 0 Å². The van der Waals surface area contributed by atoms with Crippen LogP contribution in [0.1, 0.15) is 11.3 Å². The Kier molecular flexibility index (Phi) is 3.95. The van der Waals surface area contributed by atoms with Gasteiger partial charge in [-0.05, 0) is 17.7 Å². The molecule has 0 amide bonds. The molecule has 0 aliphatic heterocycles. The lowest BCUT2D eigenvalue weighted by Crippen LogP contribution is -2.03. The van der Waals surface area contributed by atoms with E-state index in [4.69, 9.17) is 9.15 Å². The fourth-order valence-corrected chi connectivity index (χ4v) is 1.65. The summed E-state index contributed by atoms with van der Waals surface area (Å²) in [5, 5.41) is 10.6. The van der Waals surface area contributed by atoms with Crippen LogP contribution in [0.25, 0.3) is 11.6 Å². The lowest BCUT2D eigenvalue weighted by Gasteiger charge is -2.04. The molecule has 102 valence electrons. The van der Waals surface area contributed by atoms with Gasteiger partial charge in [0, 0.05) is 0 Å². The van der Waals surface area contributed by atoms with E-state index in [-0.39, 0.29) is 17.2 Å². The number of carbonyl (C=O) groups is 1. The van der Waals surface area contributed by atoms with Gasteiger partial charge >= 0.3 is 11.9 Å². The van der Waals surface area contributed by atoms with E-state index in [9.17, 15) is 14.9 Å². The Hall–Kier alpha value is -2.89. The Labute approximate surface area is 114 Å². The molecule has 1 heterocycles. The topological polar surface area (TPSA) is 82.6 Å². The zero-order valence-corrected chi connectivity index (χ0v) is 10.6. The number of hydrogen-bond acceptors (Lipinski definition) is 5. The molecule has 6 heteroatoms. The second-order valence-electron chi connectivity index (χ2n) is 3.85. The fourth-order valence-electron chi connectivity index (χ4n) is 1.65. The summed E-state index contributed by atoms with van der Waals surface area (Å²) in [6, 6.07) is 11.5. The Morgan fingerprint density at radius 1 is 1.25 bits per heavy atom. The first-order valence-electron chi connectivity index (χ1n) is 5.71. The first-order chi connectivity index (χ1) is 9.61. The molecular weight excluding hydrogens is 262 g/mol. The largest absolute Gasteiger partial charge is 0.465 e. The summed E-state index contributed by atoms with van der Waals surface area (Å²) in [7, 11) is 1.27. The van der Waals surface area contributed by atoms with Gasteiger partial charge in [-0.25, -0.2) is 4.79 Å². The molecule has 0 bridgehead atoms. The van der Waals surface area contributed by atoms with Crippen LogP contribution in [0.5, 0.6) is 0 Å². The van der Waals surface area contributed by atoms with Crippen LogP contribution < -0.4 is 0 Å². The zero-order chi connectivity index (χ0) is 14.5. The van der Waals surface area contributed by atoms with Gasteiger partial charge in [-0.15, -0.1) is 0 Å². The van der Waals surface area contributed by atoms with Crippen molar-refractivity contribution in [3.63, 3.8) is 0 Å². The smallest absolute Gasteiger partial charge is 0.433 e. The van der Waals surface area contributed by atoms with Crippen molar-refractivity contribution >= 4 is 23.5 Å². The van der Waals surface area contributed by atoms with Gasteiger partial charge in [0.1, 0.15) is 10.7 Å². The number of carbonyl (C=O) groups excluding carboxylic acids is 1. The quantitative estimate of drug-likeness (QED) is 0.370. The van der Waals surface area contributed by atoms with E-state index >= 15 is 0 Å². The van der Waals surface area contributed by atoms with Crippen LogP contribution in [-0.2, 0) is 9.53 Å². The van der Waals surface area contributed by atoms with Crippen LogP contribution in [0.2, 0.25) is 0 Å². The van der Waals surface area contributed by atoms with Gasteiger partial charge in [0.05, 0.1) is 18.7 Å². The van der Waals surface area contributed by atoms with Gasteiger partial charge in [0.2, 0.25) is 0 Å². The predicted molar refractivity (Wildman–Crippen MR) is 71.7 cm³/mol. The average molecular weight is 273 g/mol. The zero-order valence-electron chi connectivity index (χ0n) is 10.6. The first kappa shape index (κ1) is 13.5. The highest BCUT2D eigenvalue weighted by Crippen LogP contribution is 2.23. The van der Waals surface area contributed by atoms with E-state index in [2.05, 4.69) is 0 Å². The third kappa shape index (κ3) is 2.92. The van der Waals surface area contributed by atoms with E-state index in [1.807, 2.05) is 6.07 Å². The van der Waals surface area contributed by atoms with E-state index in [1.54, 1.807) is 24.3 Å². The van der Waals surface area contributed by atoms with Crippen molar-refractivity contribution in [3.05, 3.63) is 63.9 Å². The fraction of sp³-hybridized carbons (Fsp3) is 0.0714. The van der Waals surface area contributed by atoms with Gasteiger partial charge in [-0.2, -0.15) is 0 Å². The Bertz CT molecular complexity index is 657. The predicted octanol–water partition coefficient (Wildman–Crippen LogP) is 2.90. The number of nitro groups is 1. The molecule has 0 aliphatic carbocycles. The van der Waals surface area contributed by atoms with Crippen molar-refractivity contribution in [1.29, 1.82) is 0 Å². The summed E-state index contributed by atoms with van der Waals surface area (Å²) in [5.74, 6) is -0.718. The minimum absolute atomic E-state index is 0.209. The van der Waals surface area contributed by atoms with Gasteiger partial charge in [-0.1, -0.05) is 30.3 Å². The minimum Gasteiger partial charge on any atom is -0.465 e. The molecule has 1 aromatic heterocycles. The number of nitrogens with zero attached hydrogens (tertiary/aromatic N) is 1. The van der Waals surface area contributed by atoms with Gasteiger partial charge in [-0.3, -0.25) is 10.1 Å². The normalized spacial score (nSPS) is 11.2. The number of esters is 1. The van der Waals surface area contributed by atoms with Crippen molar-refractivity contribution in [3.8, 4) is 0 Å². The van der Waals surface area contributed by atoms with Crippen molar-refractivity contribution in [2.24, 2.45) is 0 Å². The second-order valence-corrected chi connectivity index (χ2v) is 3.85. The molecule has 1 aromatic carbocycles. The summed E-state index contributed by atoms with van der Waals surface area (Å²) in [6.45, 7) is 0. The van der Waals surface area contributed by atoms with Crippen LogP contribution in [0.4, 0.5) is 5.88 Å². The van der Waals surface area contributed by atoms with Crippen LogP contribution in [0, 0.1) is 10.1 Å². The maximum atomic E-state index is 11.8. The molecule has 20 heavy (non-hydrogen) atoms. The van der Waals surface area contributed by atoms with Crippen LogP contribution in [0.3, 0.4) is 0 Å². The molecule has 0 N–H and O–H groups in total. The van der Waals surface area contributed by atoms with Crippen LogP contribution >= 0.6 is 0 Å². The number of furan rings is 1. The standard InChI is InChI=1S/C14H11NO5/c1-19-14(16)12(10-5-3-2-4-6-10)9-11-7-8-13(20-11)15(17)18/h2-9H,1H3/b12-9+. The highest BCUT2D eigenvalue weighted by molar-refractivity contribution is 6.21. The summed E-state index contributed by atoms with van der Waals surface area (Å²) in [6.07, 6.45) is 1.41. The number of rotatable bonds is 4. The number of methoxy groups -OCH3 is 1. The number of hydrogen-bond donors (Lipinski definition) is 0. The molecule has 2 aromatic rings. The molecule has 0 fully saturated rings. The van der Waals surface area contributed by atoms with E-state index in [0.29, 0.717) is 5.56 Å². The van der Waals surface area contributed by atoms with Crippen LogP contribution in [0.15, 0.2) is 46.9 Å². The van der Waals surface area contributed by atoms with E-state index in [0.717, 1.165) is 0 Å². The minimum atomic E-state index is -0.641. The van der Waals surface area contributed by atoms with E-state index in [1.165, 1.54) is 25.3 Å². The number of ether oxygens (including phenoxy) is 1. The molecule has 2 rings (SSSR count). The molecule has 0 atom stereocenters. The molecule has 0 aliphatic rings. The maximum absolute atomic E-state index is 11.8. The Morgan fingerprint density at radius 2 is 1.95 bits per heavy atom. The van der Waals surface area contributed by atoms with Crippen molar-refractivity contribution < 1.29 is 18.9 Å². The molecule has 0 unspecified atom stereocenters. The molecule has 0 radical (unpaired) electrons. The Balaban J connectivity index is 2.43. The van der Waals surface area contributed by atoms with Gasteiger partial charge in [0.25, 0.3) is 0 Å². The second kappa shape index (κ2) is 5.83. The summed E-state index contributed by atoms with van der Waals surface area (Å²) >= 11 is 0. The summed E-state index contributed by atoms with van der Waals surface area (Å²) < 4.78 is 9.72. The third-order valence-corrected chi connectivity index (χ3v) is 2.57. The van der Waals surface area contributed by atoms with E-state index < -0.39 is 10.9 Å². The molecular formula is C14H11NO5. The lowest BCUT2D eigenvalue weighted by molar-refractivity contribution is -0.402. The number of benzene rings is 1. The van der Waals surface area contributed by atoms with Crippen LogP contribution in [-0.4, -0.2) is 18.0 Å². The molecule has 0 spiro atoms. The summed E-state index contributed by atoms with van der Waals surface area (Å²) in [5.41, 5.74) is 0.899. The molecule has 6 nitrogen and oxygen atoms in total. The SMILES string of the molecule is COC(=O)/C(=C/c1ccc([N+](=O)[O-])o1)c1ccccc1. The Morgan fingerprint density at radius 3 is 2.50 bits per heavy atom. The lowest BCUT2D eigenvalue weighted by atomic mass is 10.1. The molecule has 0 saturated carbocycles. The highest BCUT2D eigenvalue weighted by Gasteiger charge is 2.15. The van der Waals surface area contributed by atoms with Crippen molar-refractivity contribution in [2.45, 2.75) is 0 Å². The van der Waals surface area contributed by atoms with Gasteiger partial charge < -0.3 is 9.15 Å². The van der Waals surface area contributed by atoms with Crippen molar-refractivity contribution in [1.82, 2.24) is 0 Å². The average Bonchev–Trinajstić information content (AvgIpc) is 2.94. The monoisotopic (exact) mass is 273 g/mol. The highest BCUT2D eigenvalue weighted by atomic mass is 16.6. The first-order valence-corrected chi connectivity index (χ1v) is 5.71. The third-order valence-electron chi connectivity index (χ3n) is 2.57. The summed E-state index contributed by atoms with van der Waals surface area (Å²) in [4.78, 5) is 21.7. The molecule has 0 saturated heterocycles. The maximum Gasteiger partial charge on any atom is 0.433 e.